The molecule has 168 valence electrons. The van der Waals surface area contributed by atoms with E-state index in [2.05, 4.69) is 48.8 Å². The maximum absolute atomic E-state index is 10.6. The average molecular weight is 441 g/mol. The van der Waals surface area contributed by atoms with E-state index in [1.807, 2.05) is 0 Å². The van der Waals surface area contributed by atoms with Crippen LogP contribution in [0.2, 0.25) is 18.1 Å². The molecule has 30 heavy (non-hydrogen) atoms. The molecule has 11 nitrogen and oxygen atoms in total. The van der Waals surface area contributed by atoms with Crippen LogP contribution >= 0.6 is 0 Å². The second-order valence-electron chi connectivity index (χ2n) is 8.97. The Labute approximate surface area is 176 Å². The zero-order valence-corrected chi connectivity index (χ0v) is 19.1. The predicted molar refractivity (Wildman–Crippen MR) is 114 cm³/mol. The van der Waals surface area contributed by atoms with Crippen molar-refractivity contribution in [3.05, 3.63) is 6.33 Å². The van der Waals surface area contributed by atoms with Crippen LogP contribution in [0.3, 0.4) is 0 Å². The molecular formula is C18H32N6O5Si. The van der Waals surface area contributed by atoms with E-state index in [1.54, 1.807) is 4.57 Å². The van der Waals surface area contributed by atoms with Crippen LogP contribution < -0.4 is 11.5 Å². The summed E-state index contributed by atoms with van der Waals surface area (Å²) in [4.78, 5) is 12.3. The van der Waals surface area contributed by atoms with Gasteiger partial charge in [0, 0.05) is 0 Å². The lowest BCUT2D eigenvalue weighted by Crippen LogP contribution is -2.42. The second kappa shape index (κ2) is 8.36. The molecule has 3 heterocycles. The maximum Gasteiger partial charge on any atom is 0.224 e. The number of nitrogens with two attached hydrogens (primary N) is 2. The van der Waals surface area contributed by atoms with Crippen molar-refractivity contribution >= 4 is 31.2 Å². The molecule has 2 aromatic heterocycles. The molecule has 0 bridgehead atoms. The molecule has 0 amide bonds. The van der Waals surface area contributed by atoms with Gasteiger partial charge in [0.25, 0.3) is 0 Å². The molecule has 2 aromatic rings. The van der Waals surface area contributed by atoms with Crippen LogP contribution in [-0.4, -0.2) is 76.2 Å². The van der Waals surface area contributed by atoms with Crippen molar-refractivity contribution in [3.63, 3.8) is 0 Å². The van der Waals surface area contributed by atoms with Crippen LogP contribution in [0.25, 0.3) is 11.2 Å². The Morgan fingerprint density at radius 3 is 2.57 bits per heavy atom. The summed E-state index contributed by atoms with van der Waals surface area (Å²) >= 11 is 0. The van der Waals surface area contributed by atoms with Gasteiger partial charge < -0.3 is 35.6 Å². The van der Waals surface area contributed by atoms with E-state index < -0.39 is 32.9 Å². The first-order chi connectivity index (χ1) is 14.0. The van der Waals surface area contributed by atoms with Gasteiger partial charge in [-0.1, -0.05) is 20.8 Å². The smallest absolute Gasteiger partial charge is 0.224 e. The molecule has 0 saturated carbocycles. The number of rotatable bonds is 7. The molecule has 0 aromatic carbocycles. The lowest BCUT2D eigenvalue weighted by atomic mass is 10.1. The van der Waals surface area contributed by atoms with E-state index in [0.29, 0.717) is 17.8 Å². The lowest BCUT2D eigenvalue weighted by molar-refractivity contribution is -0.0753. The fourth-order valence-electron chi connectivity index (χ4n) is 3.11. The van der Waals surface area contributed by atoms with Crippen molar-refractivity contribution in [3.8, 4) is 0 Å². The van der Waals surface area contributed by atoms with Crippen molar-refractivity contribution in [1.29, 1.82) is 0 Å². The van der Waals surface area contributed by atoms with Crippen molar-refractivity contribution in [2.24, 2.45) is 0 Å². The summed E-state index contributed by atoms with van der Waals surface area (Å²) < 4.78 is 19.5. The molecule has 1 aliphatic heterocycles. The first-order valence-electron chi connectivity index (χ1n) is 9.91. The van der Waals surface area contributed by atoms with E-state index in [4.69, 9.17) is 25.4 Å². The molecule has 1 aliphatic rings. The molecule has 1 fully saturated rings. The Kier molecular flexibility index (Phi) is 6.37. The van der Waals surface area contributed by atoms with Crippen LogP contribution in [0, 0.1) is 0 Å². The highest BCUT2D eigenvalue weighted by Crippen LogP contribution is 2.37. The quantitative estimate of drug-likeness (QED) is 0.355. The van der Waals surface area contributed by atoms with Gasteiger partial charge in [0.2, 0.25) is 5.95 Å². The first kappa shape index (κ1) is 22.8. The van der Waals surface area contributed by atoms with E-state index in [0.717, 1.165) is 0 Å². The molecule has 6 N–H and O–H groups in total. The molecule has 0 unspecified atom stereocenters. The molecule has 4 atom stereocenters. The maximum atomic E-state index is 10.6. The van der Waals surface area contributed by atoms with Gasteiger partial charge in [0.15, 0.2) is 26.0 Å². The van der Waals surface area contributed by atoms with Crippen molar-refractivity contribution in [2.75, 3.05) is 31.3 Å². The molecular weight excluding hydrogens is 408 g/mol. The van der Waals surface area contributed by atoms with Gasteiger partial charge in [-0.2, -0.15) is 9.97 Å². The second-order valence-corrected chi connectivity index (χ2v) is 13.8. The number of ether oxygens (including phenoxy) is 2. The highest BCUT2D eigenvalue weighted by Gasteiger charge is 2.46. The summed E-state index contributed by atoms with van der Waals surface area (Å²) in [6, 6.07) is 0. The van der Waals surface area contributed by atoms with Gasteiger partial charge in [0.05, 0.1) is 26.1 Å². The van der Waals surface area contributed by atoms with E-state index >= 15 is 0 Å². The van der Waals surface area contributed by atoms with Crippen molar-refractivity contribution in [1.82, 2.24) is 19.5 Å². The minimum absolute atomic E-state index is 0.000702. The van der Waals surface area contributed by atoms with Gasteiger partial charge in [0.1, 0.15) is 23.8 Å². The number of fused-ring (bicyclic) bond motifs is 1. The Morgan fingerprint density at radius 2 is 1.93 bits per heavy atom. The van der Waals surface area contributed by atoms with Gasteiger partial charge in [-0.25, -0.2) is 4.98 Å². The van der Waals surface area contributed by atoms with Gasteiger partial charge in [-0.05, 0) is 18.1 Å². The van der Waals surface area contributed by atoms with E-state index in [-0.39, 0.29) is 30.0 Å². The lowest BCUT2D eigenvalue weighted by Gasteiger charge is -2.36. The third kappa shape index (κ3) is 4.29. The standard InChI is InChI=1S/C18H32N6O5Si/c1-18(2,3)30(4,5)28-7-6-27-13-12(26)10(8-25)29-16(13)24-9-21-11-14(19)22-17(20)23-15(11)24/h9-10,12-13,16,25-26H,6-8H2,1-5H3,(H4,19,20,22,23)/t10-,12-,13-,16-/m1/s1. The van der Waals surface area contributed by atoms with Crippen LogP contribution in [0.4, 0.5) is 11.8 Å². The minimum Gasteiger partial charge on any atom is -0.414 e. The summed E-state index contributed by atoms with van der Waals surface area (Å²) in [7, 11) is -1.91. The largest absolute Gasteiger partial charge is 0.414 e. The molecule has 1 saturated heterocycles. The monoisotopic (exact) mass is 440 g/mol. The Morgan fingerprint density at radius 1 is 1.23 bits per heavy atom. The summed E-state index contributed by atoms with van der Waals surface area (Å²) in [6.07, 6.45) is -1.91. The molecule has 3 rings (SSSR count). The number of anilines is 2. The Bertz CT molecular complexity index is 886. The molecule has 0 aliphatic carbocycles. The third-order valence-electron chi connectivity index (χ3n) is 5.90. The van der Waals surface area contributed by atoms with Crippen LogP contribution in [-0.2, 0) is 13.9 Å². The number of nitrogen functional groups attached to an aromatic ring is 2. The highest BCUT2D eigenvalue weighted by atomic mass is 28.4. The molecule has 0 radical (unpaired) electrons. The molecule has 12 heteroatoms. The molecule has 0 spiro atoms. The van der Waals surface area contributed by atoms with Crippen molar-refractivity contribution < 1.29 is 24.1 Å². The first-order valence-corrected chi connectivity index (χ1v) is 12.8. The van der Waals surface area contributed by atoms with Crippen molar-refractivity contribution in [2.45, 2.75) is 63.4 Å². The normalized spacial score (nSPS) is 25.3. The number of aromatic nitrogens is 4. The summed E-state index contributed by atoms with van der Waals surface area (Å²) in [5.41, 5.74) is 12.3. The third-order valence-corrected chi connectivity index (χ3v) is 10.4. The van der Waals surface area contributed by atoms with E-state index in [1.165, 1.54) is 6.33 Å². The fraction of sp³-hybridized carbons (Fsp3) is 0.722. The van der Waals surface area contributed by atoms with Gasteiger partial charge >= 0.3 is 0 Å². The zero-order valence-electron chi connectivity index (χ0n) is 18.1. The Hall–Kier alpha value is -1.83. The number of imidazole rings is 1. The minimum atomic E-state index is -1.91. The average Bonchev–Trinajstić information content (AvgIpc) is 3.19. The fourth-order valence-corrected chi connectivity index (χ4v) is 4.14. The number of aliphatic hydroxyl groups excluding tert-OH is 2. The summed E-state index contributed by atoms with van der Waals surface area (Å²) in [5.74, 6) is 0.146. The topological polar surface area (TPSA) is 164 Å². The SMILES string of the molecule is CC(C)(C)[Si](C)(C)OCCO[C@@H]1[C@H](O)[C@@H](CO)O[C@H]1n1cnc2c(N)nc(N)nc21. The van der Waals surface area contributed by atoms with E-state index in [9.17, 15) is 10.2 Å². The summed E-state index contributed by atoms with van der Waals surface area (Å²) in [5, 5.41) is 20.3. The predicted octanol–water partition coefficient (Wildman–Crippen LogP) is 0.648. The number of aliphatic hydroxyl groups is 2. The van der Waals surface area contributed by atoms with Crippen LogP contribution in [0.1, 0.15) is 27.0 Å². The number of hydrogen-bond acceptors (Lipinski definition) is 10. The number of hydrogen-bond donors (Lipinski definition) is 4. The van der Waals surface area contributed by atoms with Crippen LogP contribution in [0.15, 0.2) is 6.33 Å². The van der Waals surface area contributed by atoms with Gasteiger partial charge in [-0.15, -0.1) is 0 Å². The Balaban J connectivity index is 1.77. The zero-order chi connectivity index (χ0) is 22.3. The van der Waals surface area contributed by atoms with Gasteiger partial charge in [-0.3, -0.25) is 4.57 Å². The number of nitrogens with zero attached hydrogens (tertiary/aromatic N) is 4. The summed E-state index contributed by atoms with van der Waals surface area (Å²) in [6.45, 7) is 11.1. The highest BCUT2D eigenvalue weighted by molar-refractivity contribution is 6.74. The van der Waals surface area contributed by atoms with Crippen LogP contribution in [0.5, 0.6) is 0 Å².